The number of pyridine rings is 1. The Labute approximate surface area is 104 Å². The molecule has 1 amide bonds. The van der Waals surface area contributed by atoms with Crippen LogP contribution in [0, 0.1) is 5.82 Å². The Morgan fingerprint density at radius 1 is 1.33 bits per heavy atom. The predicted octanol–water partition coefficient (Wildman–Crippen LogP) is 1.98. The summed E-state index contributed by atoms with van der Waals surface area (Å²) in [4.78, 5) is 15.7. The monoisotopic (exact) mass is 245 g/mol. The van der Waals surface area contributed by atoms with Crippen molar-refractivity contribution >= 4 is 17.3 Å². The third-order valence-electron chi connectivity index (χ3n) is 2.35. The Hall–Kier alpha value is -2.43. The largest absolute Gasteiger partial charge is 0.396 e. The lowest BCUT2D eigenvalue weighted by Gasteiger charge is -2.06. The molecule has 1 aromatic carbocycles. The number of amides is 1. The summed E-state index contributed by atoms with van der Waals surface area (Å²) in [6, 6.07) is 9.41. The number of nitrogens with one attached hydrogen (secondary N) is 1. The standard InChI is InChI=1S/C13H12FN3O/c14-11-5-4-10(7-12(11)15)17-13(18)8-9-3-1-2-6-16-9/h1-7H,8,15H2,(H,17,18). The minimum absolute atomic E-state index is 0.00522. The second-order valence-electron chi connectivity index (χ2n) is 3.78. The van der Waals surface area contributed by atoms with Gasteiger partial charge >= 0.3 is 0 Å². The maximum atomic E-state index is 12.9. The van der Waals surface area contributed by atoms with Gasteiger partial charge in [-0.05, 0) is 30.3 Å². The number of nitrogens with two attached hydrogens (primary N) is 1. The summed E-state index contributed by atoms with van der Waals surface area (Å²) in [5.41, 5.74) is 6.55. The Morgan fingerprint density at radius 2 is 2.17 bits per heavy atom. The minimum atomic E-state index is -0.502. The molecular formula is C13H12FN3O. The number of halogens is 1. The average Bonchev–Trinajstić information content (AvgIpc) is 2.35. The molecule has 4 nitrogen and oxygen atoms in total. The smallest absolute Gasteiger partial charge is 0.230 e. The predicted molar refractivity (Wildman–Crippen MR) is 67.4 cm³/mol. The van der Waals surface area contributed by atoms with Crippen molar-refractivity contribution in [3.63, 3.8) is 0 Å². The molecular weight excluding hydrogens is 233 g/mol. The molecule has 0 aliphatic heterocycles. The summed E-state index contributed by atoms with van der Waals surface area (Å²) < 4.78 is 12.9. The third-order valence-corrected chi connectivity index (χ3v) is 2.35. The molecule has 0 spiro atoms. The van der Waals surface area contributed by atoms with Crippen molar-refractivity contribution in [3.05, 3.63) is 54.1 Å². The van der Waals surface area contributed by atoms with E-state index in [4.69, 9.17) is 5.73 Å². The molecule has 0 atom stereocenters. The van der Waals surface area contributed by atoms with Gasteiger partial charge < -0.3 is 11.1 Å². The molecule has 18 heavy (non-hydrogen) atoms. The summed E-state index contributed by atoms with van der Waals surface area (Å²) in [6.45, 7) is 0. The lowest BCUT2D eigenvalue weighted by Crippen LogP contribution is -2.15. The molecule has 0 aliphatic rings. The number of carbonyl (C=O) groups excluding carboxylic acids is 1. The van der Waals surface area contributed by atoms with Crippen molar-refractivity contribution < 1.29 is 9.18 Å². The van der Waals surface area contributed by atoms with Crippen molar-refractivity contribution in [2.75, 3.05) is 11.1 Å². The van der Waals surface area contributed by atoms with Crippen LogP contribution in [0.5, 0.6) is 0 Å². The summed E-state index contributed by atoms with van der Waals surface area (Å²) in [5, 5.41) is 2.63. The van der Waals surface area contributed by atoms with E-state index in [0.717, 1.165) is 0 Å². The molecule has 1 aromatic heterocycles. The van der Waals surface area contributed by atoms with Gasteiger partial charge in [0.1, 0.15) is 5.82 Å². The average molecular weight is 245 g/mol. The Balaban J connectivity index is 2.01. The normalized spacial score (nSPS) is 10.1. The molecule has 3 N–H and O–H groups in total. The maximum absolute atomic E-state index is 12.9. The van der Waals surface area contributed by atoms with Crippen LogP contribution in [0.4, 0.5) is 15.8 Å². The van der Waals surface area contributed by atoms with Crippen molar-refractivity contribution in [1.29, 1.82) is 0 Å². The van der Waals surface area contributed by atoms with Crippen LogP contribution in [0.1, 0.15) is 5.69 Å². The van der Waals surface area contributed by atoms with Crippen LogP contribution >= 0.6 is 0 Å². The van der Waals surface area contributed by atoms with E-state index >= 15 is 0 Å². The van der Waals surface area contributed by atoms with E-state index in [1.54, 1.807) is 18.3 Å². The first-order chi connectivity index (χ1) is 8.65. The van der Waals surface area contributed by atoms with E-state index in [2.05, 4.69) is 10.3 Å². The van der Waals surface area contributed by atoms with Gasteiger partial charge in [0, 0.05) is 17.6 Å². The first-order valence-electron chi connectivity index (χ1n) is 5.40. The molecule has 0 bridgehead atoms. The number of aromatic nitrogens is 1. The van der Waals surface area contributed by atoms with Crippen LogP contribution < -0.4 is 11.1 Å². The van der Waals surface area contributed by atoms with Gasteiger partial charge in [0.2, 0.25) is 5.91 Å². The number of nitrogen functional groups attached to an aromatic ring is 1. The van der Waals surface area contributed by atoms with Gasteiger partial charge in [-0.15, -0.1) is 0 Å². The van der Waals surface area contributed by atoms with E-state index in [0.29, 0.717) is 11.4 Å². The molecule has 0 fully saturated rings. The molecule has 0 unspecified atom stereocenters. The maximum Gasteiger partial charge on any atom is 0.230 e. The molecule has 5 heteroatoms. The van der Waals surface area contributed by atoms with Crippen molar-refractivity contribution in [3.8, 4) is 0 Å². The Bertz CT molecular complexity index is 557. The zero-order valence-corrected chi connectivity index (χ0v) is 9.56. The fourth-order valence-electron chi connectivity index (χ4n) is 1.49. The van der Waals surface area contributed by atoms with E-state index in [1.165, 1.54) is 18.2 Å². The van der Waals surface area contributed by atoms with Gasteiger partial charge in [0.05, 0.1) is 12.1 Å². The van der Waals surface area contributed by atoms with Crippen LogP contribution in [0.25, 0.3) is 0 Å². The number of benzene rings is 1. The Kier molecular flexibility index (Phi) is 3.52. The molecule has 2 rings (SSSR count). The lowest BCUT2D eigenvalue weighted by atomic mass is 10.2. The SMILES string of the molecule is Nc1cc(NC(=O)Cc2ccccn2)ccc1F. The zero-order valence-electron chi connectivity index (χ0n) is 9.56. The topological polar surface area (TPSA) is 68.0 Å². The van der Waals surface area contributed by atoms with Crippen molar-refractivity contribution in [1.82, 2.24) is 4.98 Å². The number of hydrogen-bond acceptors (Lipinski definition) is 3. The number of carbonyl (C=O) groups is 1. The van der Waals surface area contributed by atoms with Gasteiger partial charge in [-0.2, -0.15) is 0 Å². The fourth-order valence-corrected chi connectivity index (χ4v) is 1.49. The highest BCUT2D eigenvalue weighted by Gasteiger charge is 2.06. The quantitative estimate of drug-likeness (QED) is 0.812. The van der Waals surface area contributed by atoms with E-state index in [1.807, 2.05) is 6.07 Å². The second kappa shape index (κ2) is 5.27. The van der Waals surface area contributed by atoms with E-state index in [9.17, 15) is 9.18 Å². The molecule has 2 aromatic rings. The highest BCUT2D eigenvalue weighted by molar-refractivity contribution is 5.92. The summed E-state index contributed by atoms with van der Waals surface area (Å²) >= 11 is 0. The molecule has 1 heterocycles. The molecule has 0 aliphatic carbocycles. The van der Waals surface area contributed by atoms with Crippen LogP contribution in [-0.2, 0) is 11.2 Å². The van der Waals surface area contributed by atoms with Crippen molar-refractivity contribution in [2.45, 2.75) is 6.42 Å². The number of anilines is 2. The zero-order chi connectivity index (χ0) is 13.0. The van der Waals surface area contributed by atoms with Crippen LogP contribution in [0.2, 0.25) is 0 Å². The molecule has 0 radical (unpaired) electrons. The van der Waals surface area contributed by atoms with E-state index in [-0.39, 0.29) is 18.0 Å². The molecule has 92 valence electrons. The van der Waals surface area contributed by atoms with Crippen LogP contribution in [0.3, 0.4) is 0 Å². The lowest BCUT2D eigenvalue weighted by molar-refractivity contribution is -0.115. The highest BCUT2D eigenvalue weighted by atomic mass is 19.1. The number of nitrogens with zero attached hydrogens (tertiary/aromatic N) is 1. The van der Waals surface area contributed by atoms with E-state index < -0.39 is 5.82 Å². The van der Waals surface area contributed by atoms with Crippen LogP contribution in [-0.4, -0.2) is 10.9 Å². The van der Waals surface area contributed by atoms with Gasteiger partial charge in [0.25, 0.3) is 0 Å². The first-order valence-corrected chi connectivity index (χ1v) is 5.40. The first kappa shape index (κ1) is 12.0. The summed E-state index contributed by atoms with van der Waals surface area (Å²) in [5.74, 6) is -0.725. The summed E-state index contributed by atoms with van der Waals surface area (Å²) in [7, 11) is 0. The molecule has 0 saturated carbocycles. The van der Waals surface area contributed by atoms with Gasteiger partial charge in [0.15, 0.2) is 0 Å². The van der Waals surface area contributed by atoms with Crippen LogP contribution in [0.15, 0.2) is 42.6 Å². The van der Waals surface area contributed by atoms with Gasteiger partial charge in [-0.25, -0.2) is 4.39 Å². The number of hydrogen-bond donors (Lipinski definition) is 2. The third kappa shape index (κ3) is 3.04. The minimum Gasteiger partial charge on any atom is -0.396 e. The molecule has 0 saturated heterocycles. The fraction of sp³-hybridized carbons (Fsp3) is 0.0769. The van der Waals surface area contributed by atoms with Gasteiger partial charge in [-0.1, -0.05) is 6.07 Å². The highest BCUT2D eigenvalue weighted by Crippen LogP contribution is 2.16. The second-order valence-corrected chi connectivity index (χ2v) is 3.78. The Morgan fingerprint density at radius 3 is 2.83 bits per heavy atom. The summed E-state index contributed by atoms with van der Waals surface area (Å²) in [6.07, 6.45) is 1.79. The van der Waals surface area contributed by atoms with Crippen molar-refractivity contribution in [2.24, 2.45) is 0 Å². The number of rotatable bonds is 3. The van der Waals surface area contributed by atoms with Gasteiger partial charge in [-0.3, -0.25) is 9.78 Å².